The first-order valence-electron chi connectivity index (χ1n) is 11.2. The quantitative estimate of drug-likeness (QED) is 0.366. The van der Waals surface area contributed by atoms with Crippen LogP contribution in [0.15, 0.2) is 60.7 Å². The maximum Gasteiger partial charge on any atom is 0.330 e. The second kappa shape index (κ2) is 12.2. The Bertz CT molecular complexity index is 916. The van der Waals surface area contributed by atoms with Crippen LogP contribution >= 0.6 is 0 Å². The van der Waals surface area contributed by atoms with Gasteiger partial charge in [-0.05, 0) is 50.6 Å². The number of benzene rings is 2. The van der Waals surface area contributed by atoms with Gasteiger partial charge in [-0.15, -0.1) is 0 Å². The molecule has 2 unspecified atom stereocenters. The molecule has 3 atom stereocenters. The summed E-state index contributed by atoms with van der Waals surface area (Å²) in [4.78, 5) is 38.5. The van der Waals surface area contributed by atoms with Crippen LogP contribution in [0.1, 0.15) is 28.8 Å². The monoisotopic (exact) mass is 453 g/mol. The Kier molecular flexibility index (Phi) is 9.12. The molecule has 0 aliphatic carbocycles. The average Bonchev–Trinajstić information content (AvgIpc) is 3.35. The number of carbonyl (C=O) groups excluding carboxylic acids is 3. The normalized spacial score (nSPS) is 17.4. The molecular weight excluding hydrogens is 422 g/mol. The molecule has 1 saturated heterocycles. The molecule has 0 radical (unpaired) electrons. The van der Waals surface area contributed by atoms with Crippen LogP contribution in [0.2, 0.25) is 0 Å². The minimum Gasteiger partial charge on any atom is -0.391 e. The fourth-order valence-corrected chi connectivity index (χ4v) is 3.83. The molecule has 1 fully saturated rings. The van der Waals surface area contributed by atoms with Crippen molar-refractivity contribution in [2.45, 2.75) is 37.5 Å². The molecule has 1 aliphatic rings. The zero-order chi connectivity index (χ0) is 23.6. The molecular formula is C25H31N3O5. The van der Waals surface area contributed by atoms with Gasteiger partial charge in [0.1, 0.15) is 6.04 Å². The molecule has 3 rings (SSSR count). The van der Waals surface area contributed by atoms with Gasteiger partial charge in [0.2, 0.25) is 0 Å². The first-order valence-corrected chi connectivity index (χ1v) is 11.2. The fraction of sp³-hybridized carbons (Fsp3) is 0.400. The lowest BCUT2D eigenvalue weighted by Gasteiger charge is -2.28. The molecule has 1 aliphatic heterocycles. The third-order valence-corrected chi connectivity index (χ3v) is 5.57. The Hall–Kier alpha value is -3.07. The van der Waals surface area contributed by atoms with E-state index in [9.17, 15) is 19.5 Å². The van der Waals surface area contributed by atoms with E-state index in [1.165, 1.54) is 0 Å². The van der Waals surface area contributed by atoms with Gasteiger partial charge in [0.25, 0.3) is 5.91 Å². The average molecular weight is 454 g/mol. The van der Waals surface area contributed by atoms with Crippen LogP contribution in [-0.2, 0) is 20.7 Å². The van der Waals surface area contributed by atoms with Crippen molar-refractivity contribution in [1.82, 2.24) is 15.5 Å². The number of ether oxygens (including phenoxy) is 1. The number of carbonyl (C=O) groups is 3. The number of hydrogen-bond donors (Lipinski definition) is 3. The Labute approximate surface area is 193 Å². The number of amides is 1. The van der Waals surface area contributed by atoms with E-state index in [4.69, 9.17) is 4.74 Å². The molecule has 0 bridgehead atoms. The molecule has 1 amide bonds. The fourth-order valence-electron chi connectivity index (χ4n) is 3.83. The highest BCUT2D eigenvalue weighted by Crippen LogP contribution is 2.10. The molecule has 8 nitrogen and oxygen atoms in total. The van der Waals surface area contributed by atoms with E-state index in [2.05, 4.69) is 10.6 Å². The first-order chi connectivity index (χ1) is 15.9. The van der Waals surface area contributed by atoms with Crippen molar-refractivity contribution in [3.63, 3.8) is 0 Å². The Morgan fingerprint density at radius 2 is 1.79 bits per heavy atom. The summed E-state index contributed by atoms with van der Waals surface area (Å²) >= 11 is 0. The Morgan fingerprint density at radius 1 is 1.12 bits per heavy atom. The number of nitrogens with zero attached hydrogens (tertiary/aromatic N) is 1. The summed E-state index contributed by atoms with van der Waals surface area (Å²) in [7, 11) is 1.65. The van der Waals surface area contributed by atoms with Crippen LogP contribution in [0.5, 0.6) is 0 Å². The molecule has 2 aromatic rings. The zero-order valence-corrected chi connectivity index (χ0v) is 18.8. The largest absolute Gasteiger partial charge is 0.391 e. The number of likely N-dealkylation sites (N-methyl/N-ethyl adjacent to an activating group) is 1. The van der Waals surface area contributed by atoms with Gasteiger partial charge in [-0.3, -0.25) is 14.5 Å². The summed E-state index contributed by atoms with van der Waals surface area (Å²) in [5.74, 6) is -1.52. The molecule has 33 heavy (non-hydrogen) atoms. The van der Waals surface area contributed by atoms with E-state index in [0.717, 1.165) is 18.5 Å². The minimum atomic E-state index is -0.956. The van der Waals surface area contributed by atoms with E-state index in [0.29, 0.717) is 18.4 Å². The highest BCUT2D eigenvalue weighted by Gasteiger charge is 2.27. The van der Waals surface area contributed by atoms with Gasteiger partial charge in [0.15, 0.2) is 0 Å². The number of rotatable bonds is 10. The minimum absolute atomic E-state index is 0.109. The highest BCUT2D eigenvalue weighted by atomic mass is 16.6. The van der Waals surface area contributed by atoms with Crippen molar-refractivity contribution in [2.24, 2.45) is 0 Å². The predicted octanol–water partition coefficient (Wildman–Crippen LogP) is 1.14. The number of aliphatic hydroxyl groups excluding tert-OH is 1. The predicted molar refractivity (Wildman–Crippen MR) is 123 cm³/mol. The summed E-state index contributed by atoms with van der Waals surface area (Å²) in [6.07, 6.45) is 0.994. The summed E-state index contributed by atoms with van der Waals surface area (Å²) in [6.45, 7) is 0.690. The Balaban J connectivity index is 1.58. The maximum atomic E-state index is 12.7. The smallest absolute Gasteiger partial charge is 0.330 e. The summed E-state index contributed by atoms with van der Waals surface area (Å²) in [5, 5.41) is 16.8. The first kappa shape index (κ1) is 24.6. The molecule has 8 heteroatoms. The lowest BCUT2D eigenvalue weighted by Crippen LogP contribution is -2.49. The van der Waals surface area contributed by atoms with E-state index in [1.54, 1.807) is 36.2 Å². The molecule has 0 spiro atoms. The summed E-state index contributed by atoms with van der Waals surface area (Å²) in [5.41, 5.74) is 1.46. The van der Waals surface area contributed by atoms with E-state index < -0.39 is 30.1 Å². The van der Waals surface area contributed by atoms with Crippen LogP contribution in [-0.4, -0.2) is 72.7 Å². The van der Waals surface area contributed by atoms with Gasteiger partial charge < -0.3 is 20.5 Å². The molecule has 2 aromatic carbocycles. The van der Waals surface area contributed by atoms with E-state index in [1.807, 2.05) is 36.4 Å². The molecule has 0 saturated carbocycles. The Morgan fingerprint density at radius 3 is 2.42 bits per heavy atom. The third-order valence-electron chi connectivity index (χ3n) is 5.57. The highest BCUT2D eigenvalue weighted by molar-refractivity contribution is 5.94. The standard InChI is InChI=1S/C25H31N3O5/c1-28(17-23(30)33-25(32)20-13-8-14-26-20)16-22(29)21(15-18-9-4-2-5-10-18)27-24(31)19-11-6-3-7-12-19/h2-7,9-12,20-22,26,29H,8,13-17H2,1H3,(H,27,31)/t20-,21?,22?/m0/s1. The van der Waals surface area contributed by atoms with Crippen molar-refractivity contribution in [1.29, 1.82) is 0 Å². The van der Waals surface area contributed by atoms with E-state index >= 15 is 0 Å². The van der Waals surface area contributed by atoms with Crippen LogP contribution in [0.3, 0.4) is 0 Å². The number of nitrogens with one attached hydrogen (secondary N) is 2. The van der Waals surface area contributed by atoms with Gasteiger partial charge in [-0.1, -0.05) is 48.5 Å². The third kappa shape index (κ3) is 7.78. The molecule has 176 valence electrons. The lowest BCUT2D eigenvalue weighted by molar-refractivity contribution is -0.161. The summed E-state index contributed by atoms with van der Waals surface area (Å²) < 4.78 is 4.93. The van der Waals surface area contributed by atoms with Crippen LogP contribution in [0.25, 0.3) is 0 Å². The van der Waals surface area contributed by atoms with Gasteiger partial charge >= 0.3 is 11.9 Å². The van der Waals surface area contributed by atoms with Crippen molar-refractivity contribution >= 4 is 17.8 Å². The second-order valence-electron chi connectivity index (χ2n) is 8.34. The van der Waals surface area contributed by atoms with Crippen LogP contribution < -0.4 is 10.6 Å². The molecule has 1 heterocycles. The number of aliphatic hydroxyl groups is 1. The van der Waals surface area contributed by atoms with Crippen molar-refractivity contribution in [2.75, 3.05) is 26.7 Å². The van der Waals surface area contributed by atoms with Gasteiger partial charge in [-0.2, -0.15) is 0 Å². The SMILES string of the molecule is CN(CC(=O)OC(=O)[C@@H]1CCCN1)CC(O)C(Cc1ccccc1)NC(=O)c1ccccc1. The van der Waals surface area contributed by atoms with Gasteiger partial charge in [0, 0.05) is 12.1 Å². The van der Waals surface area contributed by atoms with Crippen molar-refractivity contribution in [3.05, 3.63) is 71.8 Å². The van der Waals surface area contributed by atoms with Crippen molar-refractivity contribution in [3.8, 4) is 0 Å². The number of esters is 2. The van der Waals surface area contributed by atoms with Gasteiger partial charge in [-0.25, -0.2) is 4.79 Å². The second-order valence-corrected chi connectivity index (χ2v) is 8.34. The van der Waals surface area contributed by atoms with Crippen LogP contribution in [0, 0.1) is 0 Å². The summed E-state index contributed by atoms with van der Waals surface area (Å²) in [6, 6.07) is 17.3. The van der Waals surface area contributed by atoms with Gasteiger partial charge in [0.05, 0.1) is 18.7 Å². The molecule has 0 aromatic heterocycles. The van der Waals surface area contributed by atoms with Crippen LogP contribution in [0.4, 0.5) is 0 Å². The topological polar surface area (TPSA) is 108 Å². The van der Waals surface area contributed by atoms with Crippen molar-refractivity contribution < 1.29 is 24.2 Å². The zero-order valence-electron chi connectivity index (χ0n) is 18.8. The number of hydrogen-bond acceptors (Lipinski definition) is 7. The lowest BCUT2D eigenvalue weighted by atomic mass is 10.00. The maximum absolute atomic E-state index is 12.7. The van der Waals surface area contributed by atoms with E-state index in [-0.39, 0.29) is 19.0 Å². The molecule has 3 N–H and O–H groups in total.